The molecule has 0 bridgehead atoms. The molecule has 0 unspecified atom stereocenters. The molecule has 0 spiro atoms. The molecule has 2 aromatic heterocycles. The number of imidazole rings is 1. The Labute approximate surface area is 111 Å². The molecule has 0 atom stereocenters. The molecule has 0 saturated heterocycles. The van der Waals surface area contributed by atoms with Gasteiger partial charge < -0.3 is 10.3 Å². The minimum Gasteiger partial charge on any atom is -0.370 e. The minimum atomic E-state index is 0.484. The van der Waals surface area contributed by atoms with E-state index in [4.69, 9.17) is 11.6 Å². The monoisotopic (exact) mass is 265 g/mol. The first-order valence-electron chi connectivity index (χ1n) is 6.02. The molecule has 0 aliphatic heterocycles. The van der Waals surface area contributed by atoms with Crippen molar-refractivity contribution in [1.29, 1.82) is 0 Å². The molecule has 18 heavy (non-hydrogen) atoms. The van der Waals surface area contributed by atoms with Crippen LogP contribution < -0.4 is 5.32 Å². The van der Waals surface area contributed by atoms with Gasteiger partial charge in [0.2, 0.25) is 0 Å². The van der Waals surface area contributed by atoms with Gasteiger partial charge in [-0.1, -0.05) is 18.5 Å². The summed E-state index contributed by atoms with van der Waals surface area (Å²) >= 11 is 5.96. The predicted octanol–water partition coefficient (Wildman–Crippen LogP) is 2.46. The maximum Gasteiger partial charge on any atom is 0.134 e. The maximum absolute atomic E-state index is 5.96. The fourth-order valence-electron chi connectivity index (χ4n) is 1.64. The number of aromatic nitrogens is 4. The fourth-order valence-corrected chi connectivity index (χ4v) is 1.84. The highest BCUT2D eigenvalue weighted by molar-refractivity contribution is 6.29. The number of anilines is 1. The fraction of sp³-hybridized carbons (Fsp3) is 0.417. The number of halogens is 1. The van der Waals surface area contributed by atoms with Crippen LogP contribution in [0.5, 0.6) is 0 Å². The summed E-state index contributed by atoms with van der Waals surface area (Å²) in [5.41, 5.74) is 1.09. The van der Waals surface area contributed by atoms with E-state index in [0.29, 0.717) is 5.15 Å². The molecular weight excluding hydrogens is 250 g/mol. The van der Waals surface area contributed by atoms with Gasteiger partial charge in [-0.2, -0.15) is 0 Å². The average molecular weight is 266 g/mol. The van der Waals surface area contributed by atoms with Gasteiger partial charge in [0.1, 0.15) is 16.8 Å². The number of aryl methyl sites for hydroxylation is 1. The molecule has 2 heterocycles. The van der Waals surface area contributed by atoms with E-state index in [1.165, 1.54) is 0 Å². The van der Waals surface area contributed by atoms with E-state index in [2.05, 4.69) is 32.2 Å². The first-order chi connectivity index (χ1) is 8.78. The van der Waals surface area contributed by atoms with Gasteiger partial charge in [-0.25, -0.2) is 15.0 Å². The first kappa shape index (κ1) is 12.8. The van der Waals surface area contributed by atoms with E-state index < -0.39 is 0 Å². The molecule has 0 aliphatic carbocycles. The van der Waals surface area contributed by atoms with Gasteiger partial charge in [-0.15, -0.1) is 0 Å². The van der Waals surface area contributed by atoms with Crippen molar-refractivity contribution in [3.05, 3.63) is 35.3 Å². The lowest BCUT2D eigenvalue weighted by Gasteiger charge is -2.06. The summed E-state index contributed by atoms with van der Waals surface area (Å²) in [6.45, 7) is 2.87. The topological polar surface area (TPSA) is 66.5 Å². The standard InChI is InChI=1S/C12H16ClN5/c1-2-3-11-17-10(13)6-12(18-11)15-5-4-9-7-14-8-16-9/h6-8H,2-5H2,1H3,(H,14,16)(H,15,17,18). The number of rotatable bonds is 6. The Morgan fingerprint density at radius 1 is 1.33 bits per heavy atom. The Kier molecular flexibility index (Phi) is 4.52. The third-order valence-corrected chi connectivity index (χ3v) is 2.66. The van der Waals surface area contributed by atoms with E-state index in [1.54, 1.807) is 12.4 Å². The zero-order valence-corrected chi connectivity index (χ0v) is 11.0. The van der Waals surface area contributed by atoms with Crippen LogP contribution in [-0.4, -0.2) is 26.5 Å². The van der Waals surface area contributed by atoms with Gasteiger partial charge in [-0.3, -0.25) is 0 Å². The highest BCUT2D eigenvalue weighted by Crippen LogP contribution is 2.12. The number of aromatic amines is 1. The van der Waals surface area contributed by atoms with Crippen molar-refractivity contribution < 1.29 is 0 Å². The molecule has 2 aromatic rings. The maximum atomic E-state index is 5.96. The molecule has 6 heteroatoms. The van der Waals surface area contributed by atoms with Crippen molar-refractivity contribution >= 4 is 17.4 Å². The van der Waals surface area contributed by atoms with Gasteiger partial charge in [-0.05, 0) is 6.42 Å². The summed E-state index contributed by atoms with van der Waals surface area (Å²) in [5.74, 6) is 1.56. The summed E-state index contributed by atoms with van der Waals surface area (Å²) < 4.78 is 0. The third-order valence-electron chi connectivity index (χ3n) is 2.47. The van der Waals surface area contributed by atoms with Crippen LogP contribution in [0.1, 0.15) is 24.9 Å². The Balaban J connectivity index is 1.92. The van der Waals surface area contributed by atoms with E-state index in [9.17, 15) is 0 Å². The van der Waals surface area contributed by atoms with Crippen molar-refractivity contribution in [2.75, 3.05) is 11.9 Å². The normalized spacial score (nSPS) is 10.6. The molecular formula is C12H16ClN5. The second kappa shape index (κ2) is 6.35. The van der Waals surface area contributed by atoms with E-state index in [1.807, 2.05) is 6.20 Å². The van der Waals surface area contributed by atoms with E-state index in [0.717, 1.165) is 43.1 Å². The Hall–Kier alpha value is -1.62. The highest BCUT2D eigenvalue weighted by Gasteiger charge is 2.02. The molecule has 96 valence electrons. The minimum absolute atomic E-state index is 0.484. The summed E-state index contributed by atoms with van der Waals surface area (Å²) in [7, 11) is 0. The van der Waals surface area contributed by atoms with Crippen LogP contribution in [-0.2, 0) is 12.8 Å². The summed E-state index contributed by atoms with van der Waals surface area (Å²) in [6, 6.07) is 1.74. The van der Waals surface area contributed by atoms with Crippen molar-refractivity contribution in [3.63, 3.8) is 0 Å². The molecule has 0 aliphatic rings. The molecule has 0 amide bonds. The molecule has 2 N–H and O–H groups in total. The third kappa shape index (κ3) is 3.70. The summed E-state index contributed by atoms with van der Waals surface area (Å²) in [4.78, 5) is 15.6. The lowest BCUT2D eigenvalue weighted by molar-refractivity contribution is 0.832. The van der Waals surface area contributed by atoms with Crippen molar-refractivity contribution in [2.45, 2.75) is 26.2 Å². The smallest absolute Gasteiger partial charge is 0.134 e. The Bertz CT molecular complexity index is 483. The second-order valence-corrected chi connectivity index (χ2v) is 4.38. The average Bonchev–Trinajstić information content (AvgIpc) is 2.82. The number of hydrogen-bond acceptors (Lipinski definition) is 4. The van der Waals surface area contributed by atoms with Crippen molar-refractivity contribution in [3.8, 4) is 0 Å². The number of nitrogens with one attached hydrogen (secondary N) is 2. The van der Waals surface area contributed by atoms with E-state index >= 15 is 0 Å². The van der Waals surface area contributed by atoms with Crippen molar-refractivity contribution in [2.24, 2.45) is 0 Å². The highest BCUT2D eigenvalue weighted by atomic mass is 35.5. The predicted molar refractivity (Wildman–Crippen MR) is 71.8 cm³/mol. The van der Waals surface area contributed by atoms with Gasteiger partial charge >= 0.3 is 0 Å². The van der Waals surface area contributed by atoms with Crippen LogP contribution in [0.4, 0.5) is 5.82 Å². The van der Waals surface area contributed by atoms with Crippen LogP contribution in [0, 0.1) is 0 Å². The van der Waals surface area contributed by atoms with Crippen LogP contribution in [0.2, 0.25) is 5.15 Å². The van der Waals surface area contributed by atoms with Gasteiger partial charge in [0.15, 0.2) is 0 Å². The summed E-state index contributed by atoms with van der Waals surface area (Å²) in [5, 5.41) is 3.72. The van der Waals surface area contributed by atoms with Crippen LogP contribution in [0.3, 0.4) is 0 Å². The number of nitrogens with zero attached hydrogens (tertiary/aromatic N) is 3. The number of H-pyrrole nitrogens is 1. The van der Waals surface area contributed by atoms with Crippen molar-refractivity contribution in [1.82, 2.24) is 19.9 Å². The van der Waals surface area contributed by atoms with Crippen LogP contribution in [0.25, 0.3) is 0 Å². The quantitative estimate of drug-likeness (QED) is 0.788. The zero-order chi connectivity index (χ0) is 12.8. The molecule has 0 fully saturated rings. The largest absolute Gasteiger partial charge is 0.370 e. The first-order valence-corrected chi connectivity index (χ1v) is 6.40. The second-order valence-electron chi connectivity index (χ2n) is 4.00. The summed E-state index contributed by atoms with van der Waals surface area (Å²) in [6.07, 6.45) is 6.21. The van der Waals surface area contributed by atoms with Gasteiger partial charge in [0, 0.05) is 37.3 Å². The van der Waals surface area contributed by atoms with Crippen LogP contribution >= 0.6 is 11.6 Å². The molecule has 0 aromatic carbocycles. The van der Waals surface area contributed by atoms with Gasteiger partial charge in [0.25, 0.3) is 0 Å². The molecule has 2 rings (SSSR count). The molecule has 0 radical (unpaired) electrons. The SMILES string of the molecule is CCCc1nc(Cl)cc(NCCc2cnc[nH]2)n1. The lowest BCUT2D eigenvalue weighted by atomic mass is 10.3. The van der Waals surface area contributed by atoms with Crippen LogP contribution in [0.15, 0.2) is 18.6 Å². The number of hydrogen-bond donors (Lipinski definition) is 2. The Morgan fingerprint density at radius 3 is 2.94 bits per heavy atom. The van der Waals surface area contributed by atoms with E-state index in [-0.39, 0.29) is 0 Å². The van der Waals surface area contributed by atoms with Gasteiger partial charge in [0.05, 0.1) is 6.33 Å². The Morgan fingerprint density at radius 2 is 2.22 bits per heavy atom. The lowest BCUT2D eigenvalue weighted by Crippen LogP contribution is -2.08. The molecule has 0 saturated carbocycles. The zero-order valence-electron chi connectivity index (χ0n) is 10.3. The molecule has 5 nitrogen and oxygen atoms in total.